The van der Waals surface area contributed by atoms with Crippen LogP contribution in [0.25, 0.3) is 28.1 Å². The molecule has 1 aliphatic carbocycles. The van der Waals surface area contributed by atoms with E-state index in [9.17, 15) is 9.59 Å². The van der Waals surface area contributed by atoms with Crippen molar-refractivity contribution in [2.75, 3.05) is 0 Å². The summed E-state index contributed by atoms with van der Waals surface area (Å²) in [7, 11) is -3.28. The molecular formula is C38H34ClFN6O2Si. The van der Waals surface area contributed by atoms with Crippen molar-refractivity contribution in [2.45, 2.75) is 50.1 Å². The summed E-state index contributed by atoms with van der Waals surface area (Å²) in [4.78, 5) is 43.2. The smallest absolute Gasteiger partial charge is 0.328 e. The lowest BCUT2D eigenvalue weighted by Crippen LogP contribution is -2.65. The second-order valence-electron chi connectivity index (χ2n) is 13.5. The summed E-state index contributed by atoms with van der Waals surface area (Å²) < 4.78 is 18.4. The van der Waals surface area contributed by atoms with Gasteiger partial charge in [0, 0.05) is 5.02 Å². The van der Waals surface area contributed by atoms with Crippen LogP contribution in [-0.2, 0) is 0 Å². The standard InChI is InChI=1S/C38H34ClFN6O2Si/c1-38(2,49(48,27-9-5-3-6-10-27)28-11-7-4-8-12-28)21-24-13-18-33(30-20-26(40)15-16-29(24)30)46-35-32(43-37(46)47)22-41-36(44-35)45-23-42-31-17-14-25(39)19-34(31)45/h3-12,14-17,19-20,22-24,33,48H,13,18,21H2,1-2H3,(H,43,47)/t24-,33+/m0/s1. The number of fused-ring (bicyclic) bond motifs is 3. The van der Waals surface area contributed by atoms with E-state index in [1.165, 1.54) is 6.07 Å². The summed E-state index contributed by atoms with van der Waals surface area (Å²) >= 11 is 6.29. The van der Waals surface area contributed by atoms with Crippen LogP contribution in [0.4, 0.5) is 4.39 Å². The van der Waals surface area contributed by atoms with E-state index in [1.54, 1.807) is 39.9 Å². The first kappa shape index (κ1) is 31.4. The Kier molecular flexibility index (Phi) is 7.62. The molecule has 0 spiro atoms. The Bertz CT molecular complexity index is 2350. The van der Waals surface area contributed by atoms with E-state index < -0.39 is 19.4 Å². The fourth-order valence-corrected chi connectivity index (χ4v) is 11.8. The maximum Gasteiger partial charge on any atom is 0.328 e. The van der Waals surface area contributed by atoms with E-state index in [4.69, 9.17) is 16.6 Å². The summed E-state index contributed by atoms with van der Waals surface area (Å²) in [5, 5.41) is 1.96. The molecule has 49 heavy (non-hydrogen) atoms. The Morgan fingerprint density at radius 3 is 2.37 bits per heavy atom. The van der Waals surface area contributed by atoms with E-state index in [0.717, 1.165) is 39.0 Å². The Hall–Kier alpha value is -4.90. The number of H-pyrrole nitrogens is 1. The number of nitrogens with one attached hydrogen (secondary N) is 1. The molecule has 3 aromatic heterocycles. The van der Waals surface area contributed by atoms with Crippen molar-refractivity contribution in [3.05, 3.63) is 142 Å². The number of rotatable bonds is 7. The highest BCUT2D eigenvalue weighted by Gasteiger charge is 2.51. The molecule has 0 saturated carbocycles. The van der Waals surface area contributed by atoms with Gasteiger partial charge in [-0.3, -0.25) is 9.13 Å². The molecule has 0 saturated heterocycles. The predicted molar refractivity (Wildman–Crippen MR) is 193 cm³/mol. The Morgan fingerprint density at radius 2 is 1.65 bits per heavy atom. The highest BCUT2D eigenvalue weighted by atomic mass is 35.5. The van der Waals surface area contributed by atoms with Crippen molar-refractivity contribution in [1.82, 2.24) is 29.1 Å². The van der Waals surface area contributed by atoms with Gasteiger partial charge in [0.1, 0.15) is 17.7 Å². The molecule has 2 N–H and O–H groups in total. The number of halogens is 2. The maximum atomic E-state index is 15.1. The number of nitrogens with zero attached hydrogens (tertiary/aromatic N) is 5. The fourth-order valence-electron chi connectivity index (χ4n) is 7.88. The average molecular weight is 689 g/mol. The fraction of sp³-hybridized carbons (Fsp3) is 0.211. The number of benzene rings is 4. The Labute approximate surface area is 288 Å². The van der Waals surface area contributed by atoms with Gasteiger partial charge in [-0.05, 0) is 82.1 Å². The number of hydrogen-bond donors (Lipinski definition) is 2. The van der Waals surface area contributed by atoms with E-state index in [0.29, 0.717) is 35.0 Å². The van der Waals surface area contributed by atoms with E-state index >= 15 is 4.39 Å². The van der Waals surface area contributed by atoms with Crippen molar-refractivity contribution >= 4 is 52.5 Å². The average Bonchev–Trinajstić information content (AvgIpc) is 3.67. The third kappa shape index (κ3) is 5.22. The van der Waals surface area contributed by atoms with Gasteiger partial charge >= 0.3 is 5.69 Å². The summed E-state index contributed by atoms with van der Waals surface area (Å²) in [5.74, 6) is 0.000484. The molecule has 0 fully saturated rings. The van der Waals surface area contributed by atoms with Crippen molar-refractivity contribution in [3.63, 3.8) is 0 Å². The van der Waals surface area contributed by atoms with E-state index in [1.807, 2.05) is 72.8 Å². The van der Waals surface area contributed by atoms with Gasteiger partial charge < -0.3 is 9.78 Å². The normalized spacial score (nSPS) is 16.7. The molecule has 0 amide bonds. The van der Waals surface area contributed by atoms with Crippen LogP contribution in [0.3, 0.4) is 0 Å². The van der Waals surface area contributed by atoms with Crippen molar-refractivity contribution < 1.29 is 9.19 Å². The van der Waals surface area contributed by atoms with Gasteiger partial charge in [-0.15, -0.1) is 0 Å². The second-order valence-corrected chi connectivity index (χ2v) is 17.9. The number of aromatic nitrogens is 6. The summed E-state index contributed by atoms with van der Waals surface area (Å²) in [6.07, 6.45) is 5.22. The lowest BCUT2D eigenvalue weighted by molar-refractivity contribution is 0.376. The summed E-state index contributed by atoms with van der Waals surface area (Å²) in [5.41, 5.74) is 3.77. The lowest BCUT2D eigenvalue weighted by atomic mass is 9.76. The van der Waals surface area contributed by atoms with Gasteiger partial charge in [0.25, 0.3) is 8.32 Å². The minimum Gasteiger partial charge on any atom is -0.424 e. The maximum absolute atomic E-state index is 15.1. The molecule has 11 heteroatoms. The van der Waals surface area contributed by atoms with Gasteiger partial charge in [-0.2, -0.15) is 4.98 Å². The third-order valence-corrected chi connectivity index (χ3v) is 15.0. The zero-order valence-corrected chi connectivity index (χ0v) is 28.8. The molecule has 0 unspecified atom stereocenters. The molecule has 0 aliphatic heterocycles. The Morgan fingerprint density at radius 1 is 0.939 bits per heavy atom. The van der Waals surface area contributed by atoms with Crippen LogP contribution in [0.2, 0.25) is 10.1 Å². The molecule has 1 aliphatic rings. The van der Waals surface area contributed by atoms with Crippen molar-refractivity contribution in [3.8, 4) is 5.95 Å². The second kappa shape index (κ2) is 11.9. The van der Waals surface area contributed by atoms with Crippen LogP contribution in [0, 0.1) is 5.82 Å². The van der Waals surface area contributed by atoms with Crippen LogP contribution in [0.15, 0.2) is 114 Å². The first-order valence-corrected chi connectivity index (χ1v) is 18.7. The zero-order valence-electron chi connectivity index (χ0n) is 27.0. The Balaban J connectivity index is 1.20. The minimum absolute atomic E-state index is 0.0291. The van der Waals surface area contributed by atoms with Crippen LogP contribution < -0.4 is 16.1 Å². The number of hydrogen-bond acceptors (Lipinski definition) is 5. The molecule has 7 aromatic rings. The van der Waals surface area contributed by atoms with E-state index in [2.05, 4.69) is 28.8 Å². The molecule has 0 bridgehead atoms. The van der Waals surface area contributed by atoms with Crippen LogP contribution in [0.1, 0.15) is 56.2 Å². The van der Waals surface area contributed by atoms with Crippen molar-refractivity contribution in [1.29, 1.82) is 0 Å². The molecule has 4 aromatic carbocycles. The quantitative estimate of drug-likeness (QED) is 0.183. The topological polar surface area (TPSA) is 102 Å². The van der Waals surface area contributed by atoms with Crippen molar-refractivity contribution in [2.24, 2.45) is 0 Å². The molecule has 0 radical (unpaired) electrons. The molecule has 8 rings (SSSR count). The lowest BCUT2D eigenvalue weighted by Gasteiger charge is -2.44. The summed E-state index contributed by atoms with van der Waals surface area (Å²) in [6.45, 7) is 4.31. The molecule has 3 heterocycles. The van der Waals surface area contributed by atoms with Gasteiger partial charge in [-0.1, -0.05) is 92.2 Å². The first-order chi connectivity index (χ1) is 23.6. The van der Waals surface area contributed by atoms with Crippen LogP contribution >= 0.6 is 11.6 Å². The number of aromatic amines is 1. The zero-order chi connectivity index (χ0) is 33.9. The first-order valence-electron chi connectivity index (χ1n) is 16.4. The van der Waals surface area contributed by atoms with Gasteiger partial charge in [0.15, 0.2) is 5.65 Å². The van der Waals surface area contributed by atoms with Gasteiger partial charge in [-0.25, -0.2) is 19.2 Å². The summed E-state index contributed by atoms with van der Waals surface area (Å²) in [6, 6.07) is 29.8. The van der Waals surface area contributed by atoms with Crippen LogP contribution in [-0.4, -0.2) is 42.2 Å². The molecule has 8 nitrogen and oxygen atoms in total. The molecule has 246 valence electrons. The highest BCUT2D eigenvalue weighted by Crippen LogP contribution is 2.50. The SMILES string of the molecule is CC(C)(C[C@@H]1CC[C@@H](n2c(=O)[nH]c3cnc(-n4cnc5ccc(Cl)cc54)nc32)c2cc(F)ccc21)[Si](O)(c1ccccc1)c1ccccc1. The van der Waals surface area contributed by atoms with Gasteiger partial charge in [0.2, 0.25) is 5.95 Å². The van der Waals surface area contributed by atoms with Crippen LogP contribution in [0.5, 0.6) is 0 Å². The molecule has 2 atom stereocenters. The molecular weight excluding hydrogens is 655 g/mol. The number of imidazole rings is 2. The van der Waals surface area contributed by atoms with E-state index in [-0.39, 0.29) is 17.4 Å². The predicted octanol–water partition coefficient (Wildman–Crippen LogP) is 6.64. The largest absolute Gasteiger partial charge is 0.424 e. The third-order valence-electron chi connectivity index (χ3n) is 10.2. The van der Waals surface area contributed by atoms with Gasteiger partial charge in [0.05, 0.1) is 23.3 Å². The highest BCUT2D eigenvalue weighted by molar-refractivity contribution is 6.98. The monoisotopic (exact) mass is 688 g/mol. The minimum atomic E-state index is -3.28.